The first-order valence-corrected chi connectivity index (χ1v) is 23.7. The predicted octanol–water partition coefficient (Wildman–Crippen LogP) is 7.27. The molecule has 0 atom stereocenters. The fourth-order valence-electron chi connectivity index (χ4n) is 9.26. The van der Waals surface area contributed by atoms with Gasteiger partial charge in [0.2, 0.25) is 5.91 Å². The second kappa shape index (κ2) is 20.3. The zero-order chi connectivity index (χ0) is 49.1. The number of imide groups is 1. The maximum Gasteiger partial charge on any atom is 0.328 e. The number of halogens is 1. The third-order valence-electron chi connectivity index (χ3n) is 13.4. The van der Waals surface area contributed by atoms with Gasteiger partial charge in [-0.25, -0.2) is 23.9 Å². The fourth-order valence-corrected chi connectivity index (χ4v) is 9.26. The molecule has 0 bridgehead atoms. The molecule has 6 amide bonds. The van der Waals surface area contributed by atoms with Crippen molar-refractivity contribution in [2.24, 2.45) is 0 Å². The number of fused-ring (bicyclic) bond motifs is 1. The number of amides is 6. The number of carbonyl (C=O) groups is 4. The molecule has 4 N–H and O–H groups in total. The first-order chi connectivity index (χ1) is 33.7. The van der Waals surface area contributed by atoms with Crippen LogP contribution >= 0.6 is 0 Å². The van der Waals surface area contributed by atoms with Crippen LogP contribution in [0.15, 0.2) is 91.3 Å². The van der Waals surface area contributed by atoms with Crippen molar-refractivity contribution in [1.29, 1.82) is 0 Å². The zero-order valence-electron chi connectivity index (χ0n) is 39.9. The van der Waals surface area contributed by atoms with Gasteiger partial charge in [-0.05, 0) is 104 Å². The molecule has 16 heteroatoms. The van der Waals surface area contributed by atoms with Crippen molar-refractivity contribution in [1.82, 2.24) is 39.9 Å². The minimum atomic E-state index is -1.24. The molecule has 3 aliphatic rings. The standard InChI is InChI=1S/C54H57FN10O5/c1-35-28-43(36(2)46(29-35)59-51(67)42-16-15-40(31-45(42)55)54(3,4)70)49-44-32-47(58-50(44)57-34-56-49)39-13-11-38(12-14-39)33-62-22-26-64(27-23-62)53(69)63-24-20-61(21-25-63)18-6-5-8-37-9-7-10-41(30-37)65-19-17-48(66)60-52(65)68/h7,9-16,28-32,34,70H,6,17-27,33H2,1-4H3,(H,59,67)(H,56,57,58)(H,60,66,68). The number of nitrogens with zero attached hydrogens (tertiary/aromatic N) is 7. The summed E-state index contributed by atoms with van der Waals surface area (Å²) < 4.78 is 15.1. The summed E-state index contributed by atoms with van der Waals surface area (Å²) in [5, 5.41) is 16.4. The Morgan fingerprint density at radius 3 is 2.27 bits per heavy atom. The minimum absolute atomic E-state index is 0.105. The lowest BCUT2D eigenvalue weighted by molar-refractivity contribution is -0.120. The molecule has 0 saturated carbocycles. The summed E-state index contributed by atoms with van der Waals surface area (Å²) in [7, 11) is 0. The van der Waals surface area contributed by atoms with Crippen LogP contribution in [0.4, 0.5) is 25.4 Å². The van der Waals surface area contributed by atoms with Gasteiger partial charge in [0.1, 0.15) is 17.8 Å². The summed E-state index contributed by atoms with van der Waals surface area (Å²) in [6.45, 7) is 14.8. The van der Waals surface area contributed by atoms with E-state index in [1.807, 2.05) is 66.1 Å². The van der Waals surface area contributed by atoms with Crippen LogP contribution in [-0.2, 0) is 16.9 Å². The average molecular weight is 945 g/mol. The van der Waals surface area contributed by atoms with Crippen LogP contribution in [0.3, 0.4) is 0 Å². The third-order valence-corrected chi connectivity index (χ3v) is 13.4. The van der Waals surface area contributed by atoms with E-state index in [9.17, 15) is 24.3 Å². The Kier molecular flexibility index (Phi) is 13.8. The highest BCUT2D eigenvalue weighted by Crippen LogP contribution is 2.35. The number of aromatic nitrogens is 3. The Morgan fingerprint density at radius 2 is 1.57 bits per heavy atom. The lowest BCUT2D eigenvalue weighted by Gasteiger charge is -2.40. The first-order valence-electron chi connectivity index (χ1n) is 23.7. The number of urea groups is 2. The van der Waals surface area contributed by atoms with E-state index >= 15 is 4.39 Å². The van der Waals surface area contributed by atoms with E-state index in [2.05, 4.69) is 66.5 Å². The van der Waals surface area contributed by atoms with Gasteiger partial charge >= 0.3 is 12.1 Å². The van der Waals surface area contributed by atoms with Crippen molar-refractivity contribution < 1.29 is 28.7 Å². The zero-order valence-corrected chi connectivity index (χ0v) is 39.9. The van der Waals surface area contributed by atoms with E-state index in [0.29, 0.717) is 67.4 Å². The van der Waals surface area contributed by atoms with Gasteiger partial charge < -0.3 is 25.2 Å². The fraction of sp³-hybridized carbons (Fsp3) is 0.333. The number of aliphatic hydroxyl groups is 1. The molecule has 4 aromatic carbocycles. The Labute approximate surface area is 406 Å². The summed E-state index contributed by atoms with van der Waals surface area (Å²) in [6, 6.07) is 25.7. The highest BCUT2D eigenvalue weighted by atomic mass is 19.1. The number of aromatic amines is 1. The quantitative estimate of drug-likeness (QED) is 0.103. The van der Waals surface area contributed by atoms with Crippen LogP contribution < -0.4 is 15.5 Å². The van der Waals surface area contributed by atoms with E-state index in [4.69, 9.17) is 4.98 Å². The largest absolute Gasteiger partial charge is 0.386 e. The van der Waals surface area contributed by atoms with Crippen LogP contribution in [0, 0.1) is 31.5 Å². The molecule has 9 rings (SSSR count). The predicted molar refractivity (Wildman–Crippen MR) is 268 cm³/mol. The maximum atomic E-state index is 15.1. The summed E-state index contributed by atoms with van der Waals surface area (Å²) in [6.07, 6.45) is 2.48. The van der Waals surface area contributed by atoms with Crippen molar-refractivity contribution in [3.8, 4) is 34.4 Å². The molecule has 6 aromatic rings. The SMILES string of the molecule is Cc1cc(NC(=O)c2ccc(C(C)(C)O)cc2F)c(C)c(-c2ncnc3[nH]c(-c4ccc(CN5CCN(C(=O)N6CCN(CCC#Cc7cccc(N8CCC(=O)NC8=O)c7)CC6)CC5)cc4)cc23)c1. The molecule has 15 nitrogen and oxygen atoms in total. The molecule has 360 valence electrons. The maximum absolute atomic E-state index is 15.1. The highest BCUT2D eigenvalue weighted by Gasteiger charge is 2.29. The van der Waals surface area contributed by atoms with E-state index in [1.54, 1.807) is 24.8 Å². The van der Waals surface area contributed by atoms with Gasteiger partial charge in [0, 0.05) is 118 Å². The van der Waals surface area contributed by atoms with Crippen LogP contribution in [0.2, 0.25) is 0 Å². The molecule has 3 saturated heterocycles. The Morgan fingerprint density at radius 1 is 0.843 bits per heavy atom. The topological polar surface area (TPSA) is 170 Å². The molecular formula is C54H57FN10O5. The van der Waals surface area contributed by atoms with Gasteiger partial charge in [0.15, 0.2) is 0 Å². The number of carbonyl (C=O) groups excluding carboxylic acids is 4. The Hall–Kier alpha value is -7.45. The van der Waals surface area contributed by atoms with Gasteiger partial charge in [0.05, 0.1) is 16.9 Å². The van der Waals surface area contributed by atoms with Crippen LogP contribution in [0.25, 0.3) is 33.5 Å². The van der Waals surface area contributed by atoms with E-state index in [1.165, 1.54) is 24.0 Å². The molecule has 2 aromatic heterocycles. The number of nitrogens with one attached hydrogen (secondary N) is 3. The molecule has 0 spiro atoms. The second-order valence-corrected chi connectivity index (χ2v) is 18.8. The van der Waals surface area contributed by atoms with Crippen molar-refractivity contribution in [2.75, 3.05) is 75.7 Å². The van der Waals surface area contributed by atoms with Crippen molar-refractivity contribution in [3.05, 3.63) is 130 Å². The smallest absolute Gasteiger partial charge is 0.328 e. The molecule has 0 radical (unpaired) electrons. The molecule has 3 fully saturated rings. The molecule has 3 aliphatic heterocycles. The second-order valence-electron chi connectivity index (χ2n) is 18.8. The highest BCUT2D eigenvalue weighted by molar-refractivity contribution is 6.06. The molecular weight excluding hydrogens is 888 g/mol. The number of anilines is 2. The van der Waals surface area contributed by atoms with Gasteiger partial charge in [0.25, 0.3) is 5.91 Å². The number of rotatable bonds is 10. The van der Waals surface area contributed by atoms with E-state index in [0.717, 1.165) is 78.2 Å². The summed E-state index contributed by atoms with van der Waals surface area (Å²) in [4.78, 5) is 73.6. The van der Waals surface area contributed by atoms with Crippen LogP contribution in [0.1, 0.15) is 64.9 Å². The number of piperazine rings is 2. The first kappa shape index (κ1) is 47.6. The number of hydrogen-bond acceptors (Lipinski definition) is 9. The average Bonchev–Trinajstić information content (AvgIpc) is 3.79. The molecule has 0 aliphatic carbocycles. The van der Waals surface area contributed by atoms with Crippen molar-refractivity contribution in [3.63, 3.8) is 0 Å². The van der Waals surface area contributed by atoms with Crippen molar-refractivity contribution in [2.45, 2.75) is 52.7 Å². The van der Waals surface area contributed by atoms with Crippen molar-refractivity contribution >= 4 is 46.3 Å². The van der Waals surface area contributed by atoms with Gasteiger partial charge in [-0.2, -0.15) is 0 Å². The van der Waals surface area contributed by atoms with Gasteiger partial charge in [-0.1, -0.05) is 48.2 Å². The number of hydrogen-bond donors (Lipinski definition) is 4. The minimum Gasteiger partial charge on any atom is -0.386 e. The van der Waals surface area contributed by atoms with Crippen LogP contribution in [0.5, 0.6) is 0 Å². The summed E-state index contributed by atoms with van der Waals surface area (Å²) >= 11 is 0. The normalized spacial score (nSPS) is 16.0. The molecule has 0 unspecified atom stereocenters. The summed E-state index contributed by atoms with van der Waals surface area (Å²) in [5.41, 5.74) is 7.99. The number of benzene rings is 4. The van der Waals surface area contributed by atoms with Gasteiger partial charge in [-0.15, -0.1) is 0 Å². The van der Waals surface area contributed by atoms with E-state index in [-0.39, 0.29) is 23.9 Å². The Balaban J connectivity index is 0.751. The monoisotopic (exact) mass is 944 g/mol. The van der Waals surface area contributed by atoms with Crippen LogP contribution in [-0.4, -0.2) is 129 Å². The molecule has 70 heavy (non-hydrogen) atoms. The lowest BCUT2D eigenvalue weighted by atomic mass is 9.96. The summed E-state index contributed by atoms with van der Waals surface area (Å²) in [5.74, 6) is 4.90. The lowest BCUT2D eigenvalue weighted by Crippen LogP contribution is -2.56. The van der Waals surface area contributed by atoms with Gasteiger partial charge in [-0.3, -0.25) is 29.6 Å². The molecule has 5 heterocycles. The third kappa shape index (κ3) is 10.7. The number of H-pyrrole nitrogens is 1. The van der Waals surface area contributed by atoms with E-state index < -0.39 is 23.4 Å². The number of aryl methyl sites for hydroxylation is 1. The Bertz CT molecular complexity index is 3030.